The average Bonchev–Trinajstić information content (AvgIpc) is 2.29. The number of hydrogen-bond acceptors (Lipinski definition) is 3. The van der Waals surface area contributed by atoms with Gasteiger partial charge in [0.15, 0.2) is 0 Å². The minimum atomic E-state index is -0.436. The number of allylic oxidation sites excluding steroid dienone is 1. The normalized spacial score (nSPS) is 10.6. The molecule has 0 atom stereocenters. The highest BCUT2D eigenvalue weighted by molar-refractivity contribution is 9.09. The van der Waals surface area contributed by atoms with Gasteiger partial charge in [0.25, 0.3) is 5.69 Å². The summed E-state index contributed by atoms with van der Waals surface area (Å²) in [4.78, 5) is 10.1. The first kappa shape index (κ1) is 12.7. The summed E-state index contributed by atoms with van der Waals surface area (Å²) in [7, 11) is 1.50. The molecule has 0 N–H and O–H groups in total. The number of nitro groups is 1. The lowest BCUT2D eigenvalue weighted by atomic mass is 10.1. The largest absolute Gasteiger partial charge is 0.496 e. The first-order valence-electron chi connectivity index (χ1n) is 4.74. The molecule has 16 heavy (non-hydrogen) atoms. The number of hydrogen-bond donors (Lipinski definition) is 0. The molecule has 0 saturated carbocycles. The van der Waals surface area contributed by atoms with Crippen LogP contribution in [0.25, 0.3) is 6.08 Å². The molecule has 4 nitrogen and oxygen atoms in total. The molecule has 0 aliphatic rings. The van der Waals surface area contributed by atoms with Crippen molar-refractivity contribution in [3.8, 4) is 5.75 Å². The molecule has 0 aliphatic carbocycles. The molecule has 5 heteroatoms. The first-order chi connectivity index (χ1) is 7.69. The van der Waals surface area contributed by atoms with Crippen molar-refractivity contribution in [2.45, 2.75) is 6.42 Å². The maximum absolute atomic E-state index is 10.6. The van der Waals surface area contributed by atoms with Gasteiger partial charge in [-0.3, -0.25) is 10.1 Å². The number of benzene rings is 1. The van der Waals surface area contributed by atoms with Gasteiger partial charge in [-0.05, 0) is 12.5 Å². The smallest absolute Gasteiger partial charge is 0.273 e. The van der Waals surface area contributed by atoms with Crippen LogP contribution in [0.3, 0.4) is 0 Å². The Labute approximate surface area is 102 Å². The molecule has 1 aromatic rings. The van der Waals surface area contributed by atoms with E-state index >= 15 is 0 Å². The van der Waals surface area contributed by atoms with Gasteiger partial charge in [0.2, 0.25) is 0 Å². The van der Waals surface area contributed by atoms with E-state index in [1.165, 1.54) is 19.2 Å². The van der Waals surface area contributed by atoms with E-state index in [0.29, 0.717) is 5.75 Å². The van der Waals surface area contributed by atoms with E-state index in [4.69, 9.17) is 4.74 Å². The van der Waals surface area contributed by atoms with E-state index in [1.807, 2.05) is 12.2 Å². The van der Waals surface area contributed by atoms with Gasteiger partial charge in [0.05, 0.1) is 18.1 Å². The molecule has 1 rings (SSSR count). The molecule has 0 radical (unpaired) electrons. The Morgan fingerprint density at radius 2 is 2.31 bits per heavy atom. The van der Waals surface area contributed by atoms with Gasteiger partial charge in [0, 0.05) is 17.0 Å². The van der Waals surface area contributed by atoms with Gasteiger partial charge < -0.3 is 4.74 Å². The van der Waals surface area contributed by atoms with E-state index in [1.54, 1.807) is 6.07 Å². The number of nitrogens with zero attached hydrogens (tertiary/aromatic N) is 1. The summed E-state index contributed by atoms with van der Waals surface area (Å²) < 4.78 is 5.10. The van der Waals surface area contributed by atoms with Crippen molar-refractivity contribution in [1.82, 2.24) is 0 Å². The molecule has 1 aromatic carbocycles. The van der Waals surface area contributed by atoms with E-state index in [2.05, 4.69) is 15.9 Å². The van der Waals surface area contributed by atoms with Crippen molar-refractivity contribution in [1.29, 1.82) is 0 Å². The van der Waals surface area contributed by atoms with Gasteiger partial charge in [-0.25, -0.2) is 0 Å². The minimum Gasteiger partial charge on any atom is -0.496 e. The zero-order chi connectivity index (χ0) is 12.0. The Morgan fingerprint density at radius 3 is 2.88 bits per heavy atom. The van der Waals surface area contributed by atoms with Crippen molar-refractivity contribution in [2.75, 3.05) is 12.4 Å². The zero-order valence-corrected chi connectivity index (χ0v) is 10.4. The summed E-state index contributed by atoms with van der Waals surface area (Å²) in [6, 6.07) is 4.58. The van der Waals surface area contributed by atoms with Gasteiger partial charge >= 0.3 is 0 Å². The molecule has 0 fully saturated rings. The third kappa shape index (κ3) is 3.34. The Hall–Kier alpha value is -1.36. The standard InChI is InChI=1S/C11H12BrNO3/c1-16-11-8-10(13(14)15)6-5-9(11)4-2-3-7-12/h2,4-6,8H,3,7H2,1H3. The number of non-ortho nitro benzene ring substituents is 1. The van der Waals surface area contributed by atoms with E-state index in [0.717, 1.165) is 17.3 Å². The number of halogens is 1. The van der Waals surface area contributed by atoms with Gasteiger partial charge in [0.1, 0.15) is 5.75 Å². The third-order valence-corrected chi connectivity index (χ3v) is 2.46. The van der Waals surface area contributed by atoms with Crippen LogP contribution in [-0.2, 0) is 0 Å². The summed E-state index contributed by atoms with van der Waals surface area (Å²) in [5.74, 6) is 0.514. The van der Waals surface area contributed by atoms with Crippen molar-refractivity contribution in [2.24, 2.45) is 0 Å². The summed E-state index contributed by atoms with van der Waals surface area (Å²) in [5.41, 5.74) is 0.878. The Balaban J connectivity index is 2.97. The van der Waals surface area contributed by atoms with E-state index in [-0.39, 0.29) is 5.69 Å². The summed E-state index contributed by atoms with van der Waals surface area (Å²) in [6.07, 6.45) is 4.78. The predicted octanol–water partition coefficient (Wildman–Crippen LogP) is 3.40. The topological polar surface area (TPSA) is 52.4 Å². The molecule has 0 bridgehead atoms. The highest BCUT2D eigenvalue weighted by Gasteiger charge is 2.09. The maximum Gasteiger partial charge on any atom is 0.273 e. The average molecular weight is 286 g/mol. The molecular weight excluding hydrogens is 274 g/mol. The van der Waals surface area contributed by atoms with Crippen LogP contribution in [0.15, 0.2) is 24.3 Å². The van der Waals surface area contributed by atoms with Crippen LogP contribution >= 0.6 is 15.9 Å². The van der Waals surface area contributed by atoms with Crippen LogP contribution < -0.4 is 4.74 Å². The molecule has 86 valence electrons. The van der Waals surface area contributed by atoms with Crippen LogP contribution in [-0.4, -0.2) is 17.4 Å². The second kappa shape index (κ2) is 6.27. The fraction of sp³-hybridized carbons (Fsp3) is 0.273. The molecule has 0 spiro atoms. The second-order valence-electron chi connectivity index (χ2n) is 3.06. The van der Waals surface area contributed by atoms with Gasteiger partial charge in [-0.2, -0.15) is 0 Å². The fourth-order valence-corrected chi connectivity index (χ4v) is 1.49. The molecular formula is C11H12BrNO3. The Kier molecular flexibility index (Phi) is 4.98. The van der Waals surface area contributed by atoms with Crippen molar-refractivity contribution in [3.63, 3.8) is 0 Å². The number of methoxy groups -OCH3 is 1. The fourth-order valence-electron chi connectivity index (χ4n) is 1.22. The van der Waals surface area contributed by atoms with Crippen LogP contribution in [0, 0.1) is 10.1 Å². The Morgan fingerprint density at radius 1 is 1.56 bits per heavy atom. The highest BCUT2D eigenvalue weighted by atomic mass is 79.9. The summed E-state index contributed by atoms with van der Waals surface area (Å²) in [5, 5.41) is 11.5. The predicted molar refractivity (Wildman–Crippen MR) is 67.1 cm³/mol. The lowest BCUT2D eigenvalue weighted by Gasteiger charge is -2.03. The van der Waals surface area contributed by atoms with Crippen molar-refractivity contribution >= 4 is 27.7 Å². The molecule has 0 aromatic heterocycles. The van der Waals surface area contributed by atoms with Crippen LogP contribution in [0.4, 0.5) is 5.69 Å². The summed E-state index contributed by atoms with van der Waals surface area (Å²) >= 11 is 3.32. The number of alkyl halides is 1. The van der Waals surface area contributed by atoms with E-state index in [9.17, 15) is 10.1 Å². The number of ether oxygens (including phenoxy) is 1. The van der Waals surface area contributed by atoms with Gasteiger partial charge in [-0.1, -0.05) is 28.1 Å². The highest BCUT2D eigenvalue weighted by Crippen LogP contribution is 2.25. The zero-order valence-electron chi connectivity index (χ0n) is 8.85. The monoisotopic (exact) mass is 285 g/mol. The first-order valence-corrected chi connectivity index (χ1v) is 5.86. The van der Waals surface area contributed by atoms with Crippen LogP contribution in [0.2, 0.25) is 0 Å². The van der Waals surface area contributed by atoms with Crippen LogP contribution in [0.1, 0.15) is 12.0 Å². The van der Waals surface area contributed by atoms with E-state index < -0.39 is 4.92 Å². The lowest BCUT2D eigenvalue weighted by molar-refractivity contribution is -0.384. The molecule has 0 amide bonds. The molecule has 0 saturated heterocycles. The molecule has 0 unspecified atom stereocenters. The number of nitro benzene ring substituents is 1. The minimum absolute atomic E-state index is 0.0366. The van der Waals surface area contributed by atoms with Crippen LogP contribution in [0.5, 0.6) is 5.75 Å². The third-order valence-electron chi connectivity index (χ3n) is 2.00. The quantitative estimate of drug-likeness (QED) is 0.473. The van der Waals surface area contributed by atoms with Crippen molar-refractivity contribution in [3.05, 3.63) is 40.0 Å². The van der Waals surface area contributed by atoms with Crippen molar-refractivity contribution < 1.29 is 9.66 Å². The lowest BCUT2D eigenvalue weighted by Crippen LogP contribution is -1.91. The summed E-state index contributed by atoms with van der Waals surface area (Å²) in [6.45, 7) is 0. The molecule has 0 heterocycles. The second-order valence-corrected chi connectivity index (χ2v) is 3.86. The molecule has 0 aliphatic heterocycles. The Bertz CT molecular complexity index is 404. The SMILES string of the molecule is COc1cc([N+](=O)[O-])ccc1C=CCCBr. The van der Waals surface area contributed by atoms with Gasteiger partial charge in [-0.15, -0.1) is 0 Å². The maximum atomic E-state index is 10.6. The number of rotatable bonds is 5.